The number of hydrogen-bond acceptors (Lipinski definition) is 3. The molecule has 0 saturated carbocycles. The van der Waals surface area contributed by atoms with Crippen LogP contribution in [0.25, 0.3) is 0 Å². The average molecular weight is 421 g/mol. The van der Waals surface area contributed by atoms with Gasteiger partial charge in [-0.25, -0.2) is 8.42 Å². The Hall–Kier alpha value is -1.61. The Kier molecular flexibility index (Phi) is 6.91. The Morgan fingerprint density at radius 3 is 2.19 bits per heavy atom. The van der Waals surface area contributed by atoms with Crippen LogP contribution in [0, 0.1) is 0 Å². The van der Waals surface area contributed by atoms with Gasteiger partial charge in [0.25, 0.3) is 0 Å². The van der Waals surface area contributed by atoms with Crippen LogP contribution < -0.4 is 0 Å². The molecule has 0 N–H and O–H groups in total. The van der Waals surface area contributed by atoms with Gasteiger partial charge < -0.3 is 4.90 Å². The molecule has 0 aliphatic carbocycles. The summed E-state index contributed by atoms with van der Waals surface area (Å²) >= 11 is 5.96. The Bertz CT molecular complexity index is 872. The fraction of sp³-hybridized carbons (Fsp3) is 0.333. The molecule has 0 aliphatic rings. The highest BCUT2D eigenvalue weighted by atomic mass is 35.5. The molecule has 4 nitrogen and oxygen atoms in total. The van der Waals surface area contributed by atoms with E-state index in [1.54, 1.807) is 49.3 Å². The van der Waals surface area contributed by atoms with Gasteiger partial charge in [0, 0.05) is 19.6 Å². The highest BCUT2D eigenvalue weighted by molar-refractivity contribution is 7.89. The minimum Gasteiger partial charge on any atom is -0.308 e. The first kappa shape index (κ1) is 21.7. The standard InChI is InChI=1S/C18H20ClF3N2O2S/c1-23(2)10-11-24(13-14-6-4-3-5-7-14)27(25,26)17-12-15(18(20,21)22)8-9-16(17)19/h3-9,12H,10-11,13H2,1-2H3. The molecular formula is C18H20ClF3N2O2S. The van der Waals surface area contributed by atoms with Gasteiger partial charge in [-0.1, -0.05) is 41.9 Å². The Morgan fingerprint density at radius 2 is 1.63 bits per heavy atom. The lowest BCUT2D eigenvalue weighted by Gasteiger charge is -2.25. The van der Waals surface area contributed by atoms with Gasteiger partial charge in [0.05, 0.1) is 10.6 Å². The molecule has 2 rings (SSSR count). The van der Waals surface area contributed by atoms with Gasteiger partial charge in [-0.15, -0.1) is 0 Å². The fourth-order valence-electron chi connectivity index (χ4n) is 2.40. The van der Waals surface area contributed by atoms with Crippen molar-refractivity contribution in [3.8, 4) is 0 Å². The molecule has 0 unspecified atom stereocenters. The summed E-state index contributed by atoms with van der Waals surface area (Å²) in [5.41, 5.74) is -0.333. The molecule has 0 amide bonds. The summed E-state index contributed by atoms with van der Waals surface area (Å²) in [6.45, 7) is 0.545. The Morgan fingerprint density at radius 1 is 1.00 bits per heavy atom. The lowest BCUT2D eigenvalue weighted by atomic mass is 10.2. The van der Waals surface area contributed by atoms with E-state index in [1.165, 1.54) is 0 Å². The summed E-state index contributed by atoms with van der Waals surface area (Å²) in [4.78, 5) is 1.25. The molecule has 0 aromatic heterocycles. The number of rotatable bonds is 7. The monoisotopic (exact) mass is 420 g/mol. The molecule has 2 aromatic rings. The van der Waals surface area contributed by atoms with Crippen molar-refractivity contribution < 1.29 is 21.6 Å². The van der Waals surface area contributed by atoms with Gasteiger partial charge >= 0.3 is 6.18 Å². The molecule has 0 spiro atoms. The van der Waals surface area contributed by atoms with Crippen LogP contribution in [0.3, 0.4) is 0 Å². The molecule has 0 aliphatic heterocycles. The molecular weight excluding hydrogens is 401 g/mol. The predicted molar refractivity (Wildman–Crippen MR) is 99.0 cm³/mol. The number of alkyl halides is 3. The summed E-state index contributed by atoms with van der Waals surface area (Å²) in [6, 6.07) is 11.2. The van der Waals surface area contributed by atoms with Gasteiger partial charge in [0.15, 0.2) is 0 Å². The second-order valence-electron chi connectivity index (χ2n) is 6.27. The van der Waals surface area contributed by atoms with E-state index >= 15 is 0 Å². The first-order valence-electron chi connectivity index (χ1n) is 8.07. The zero-order chi connectivity index (χ0) is 20.2. The van der Waals surface area contributed by atoms with Gasteiger partial charge in [-0.2, -0.15) is 17.5 Å². The van der Waals surface area contributed by atoms with Crippen molar-refractivity contribution >= 4 is 21.6 Å². The van der Waals surface area contributed by atoms with Crippen molar-refractivity contribution in [3.05, 3.63) is 64.7 Å². The highest BCUT2D eigenvalue weighted by Gasteiger charge is 2.34. The second-order valence-corrected chi connectivity index (χ2v) is 8.58. The van der Waals surface area contributed by atoms with E-state index < -0.39 is 26.7 Å². The maximum atomic E-state index is 13.1. The van der Waals surface area contributed by atoms with Crippen LogP contribution in [0.2, 0.25) is 5.02 Å². The van der Waals surface area contributed by atoms with E-state index in [-0.39, 0.29) is 18.1 Å². The topological polar surface area (TPSA) is 40.6 Å². The third-order valence-corrected chi connectivity index (χ3v) is 6.20. The fourth-order valence-corrected chi connectivity index (χ4v) is 4.32. The third-order valence-electron chi connectivity index (χ3n) is 3.87. The molecule has 0 radical (unpaired) electrons. The van der Waals surface area contributed by atoms with Crippen molar-refractivity contribution in [2.24, 2.45) is 0 Å². The first-order chi connectivity index (χ1) is 12.5. The van der Waals surface area contributed by atoms with Gasteiger partial charge in [0.1, 0.15) is 4.90 Å². The van der Waals surface area contributed by atoms with Gasteiger partial charge in [0.2, 0.25) is 10.0 Å². The molecule has 0 fully saturated rings. The number of nitrogens with zero attached hydrogens (tertiary/aromatic N) is 2. The van der Waals surface area contributed by atoms with Crippen LogP contribution in [-0.4, -0.2) is 44.8 Å². The van der Waals surface area contributed by atoms with E-state index in [2.05, 4.69) is 0 Å². The summed E-state index contributed by atoms with van der Waals surface area (Å²) in [7, 11) is -0.669. The first-order valence-corrected chi connectivity index (χ1v) is 9.89. The van der Waals surface area contributed by atoms with Crippen LogP contribution in [-0.2, 0) is 22.7 Å². The number of halogens is 4. The lowest BCUT2D eigenvalue weighted by molar-refractivity contribution is -0.137. The number of likely N-dealkylation sites (N-methyl/N-ethyl adjacent to an activating group) is 1. The predicted octanol–water partition coefficient (Wildman–Crippen LogP) is 4.11. The van der Waals surface area contributed by atoms with Crippen molar-refractivity contribution in [3.63, 3.8) is 0 Å². The van der Waals surface area contributed by atoms with Gasteiger partial charge in [-0.05, 0) is 37.9 Å². The maximum Gasteiger partial charge on any atom is 0.416 e. The second kappa shape index (κ2) is 8.60. The van der Waals surface area contributed by atoms with E-state index in [0.717, 1.165) is 22.0 Å². The molecule has 2 aromatic carbocycles. The van der Waals surface area contributed by atoms with Gasteiger partial charge in [-0.3, -0.25) is 0 Å². The van der Waals surface area contributed by atoms with Crippen LogP contribution in [0.4, 0.5) is 13.2 Å². The third kappa shape index (κ3) is 5.68. The van der Waals surface area contributed by atoms with Crippen molar-refractivity contribution in [1.29, 1.82) is 0 Å². The molecule has 0 saturated heterocycles. The molecule has 9 heteroatoms. The number of hydrogen-bond donors (Lipinski definition) is 0. The Balaban J connectivity index is 2.46. The van der Waals surface area contributed by atoms with Crippen LogP contribution in [0.5, 0.6) is 0 Å². The van der Waals surface area contributed by atoms with E-state index in [1.807, 2.05) is 0 Å². The molecule has 27 heavy (non-hydrogen) atoms. The minimum absolute atomic E-state index is 0.0313. The van der Waals surface area contributed by atoms with E-state index in [9.17, 15) is 21.6 Å². The lowest BCUT2D eigenvalue weighted by Crippen LogP contribution is -2.36. The SMILES string of the molecule is CN(C)CCN(Cc1ccccc1)S(=O)(=O)c1cc(C(F)(F)F)ccc1Cl. The zero-order valence-electron chi connectivity index (χ0n) is 14.9. The van der Waals surface area contributed by atoms with Crippen LogP contribution in [0.15, 0.2) is 53.4 Å². The number of sulfonamides is 1. The average Bonchev–Trinajstić information content (AvgIpc) is 2.58. The van der Waals surface area contributed by atoms with Crippen molar-refractivity contribution in [1.82, 2.24) is 9.21 Å². The Labute approximate surface area is 162 Å². The summed E-state index contributed by atoms with van der Waals surface area (Å²) in [5, 5.41) is -0.245. The summed E-state index contributed by atoms with van der Waals surface area (Å²) < 4.78 is 66.4. The quantitative estimate of drug-likeness (QED) is 0.676. The molecule has 0 heterocycles. The van der Waals surface area contributed by atoms with Crippen LogP contribution >= 0.6 is 11.6 Å². The maximum absolute atomic E-state index is 13.1. The van der Waals surface area contributed by atoms with Crippen molar-refractivity contribution in [2.75, 3.05) is 27.2 Å². The summed E-state index contributed by atoms with van der Waals surface area (Å²) in [5.74, 6) is 0. The smallest absolute Gasteiger partial charge is 0.308 e. The normalized spacial score (nSPS) is 12.7. The molecule has 0 atom stereocenters. The largest absolute Gasteiger partial charge is 0.416 e. The number of benzene rings is 2. The summed E-state index contributed by atoms with van der Waals surface area (Å²) in [6.07, 6.45) is -4.66. The zero-order valence-corrected chi connectivity index (χ0v) is 16.4. The molecule has 0 bridgehead atoms. The minimum atomic E-state index is -4.66. The van der Waals surface area contributed by atoms with E-state index in [0.29, 0.717) is 12.6 Å². The van der Waals surface area contributed by atoms with Crippen LogP contribution in [0.1, 0.15) is 11.1 Å². The van der Waals surface area contributed by atoms with Crippen molar-refractivity contribution in [2.45, 2.75) is 17.6 Å². The molecule has 148 valence electrons. The van der Waals surface area contributed by atoms with E-state index in [4.69, 9.17) is 11.6 Å². The highest BCUT2D eigenvalue weighted by Crippen LogP contribution is 2.34.